The number of ether oxygens (including phenoxy) is 2. The fourth-order valence-electron chi connectivity index (χ4n) is 2.89. The summed E-state index contributed by atoms with van der Waals surface area (Å²) in [7, 11) is 0. The number of hydrogen-bond acceptors (Lipinski definition) is 4. The van der Waals surface area contributed by atoms with Gasteiger partial charge in [-0.15, -0.1) is 0 Å². The third kappa shape index (κ3) is 2.87. The number of benzene rings is 1. The Balaban J connectivity index is 1.70. The molecule has 1 spiro atoms. The summed E-state index contributed by atoms with van der Waals surface area (Å²) in [6, 6.07) is 5.62. The van der Waals surface area contributed by atoms with E-state index in [0.29, 0.717) is 13.2 Å². The minimum absolute atomic E-state index is 0.383. The molecular weight excluding hydrogens is 264 g/mol. The molecule has 3 rings (SSSR count). The number of nitrogens with two attached hydrogens (primary N) is 1. The van der Waals surface area contributed by atoms with Crippen LogP contribution in [0.5, 0.6) is 0 Å². The molecule has 2 heterocycles. The first-order chi connectivity index (χ1) is 9.17. The first-order valence-electron chi connectivity index (χ1n) is 6.71. The summed E-state index contributed by atoms with van der Waals surface area (Å²) < 4.78 is 11.6. The number of anilines is 1. The van der Waals surface area contributed by atoms with Gasteiger partial charge < -0.3 is 15.2 Å². The highest BCUT2D eigenvalue weighted by atomic mass is 35.5. The Morgan fingerprint density at radius 1 is 1.32 bits per heavy atom. The van der Waals surface area contributed by atoms with E-state index in [2.05, 4.69) is 4.90 Å². The van der Waals surface area contributed by atoms with E-state index < -0.39 is 0 Å². The van der Waals surface area contributed by atoms with Crippen molar-refractivity contribution in [3.63, 3.8) is 0 Å². The Morgan fingerprint density at radius 3 is 2.89 bits per heavy atom. The van der Waals surface area contributed by atoms with E-state index in [1.54, 1.807) is 0 Å². The maximum Gasteiger partial charge on any atom is 0.181 e. The van der Waals surface area contributed by atoms with Gasteiger partial charge in [0.05, 0.1) is 19.8 Å². The van der Waals surface area contributed by atoms with Gasteiger partial charge in [0.2, 0.25) is 0 Å². The third-order valence-corrected chi connectivity index (χ3v) is 4.04. The molecule has 0 amide bonds. The third-order valence-electron chi connectivity index (χ3n) is 3.81. The van der Waals surface area contributed by atoms with Crippen LogP contribution in [0.1, 0.15) is 18.4 Å². The van der Waals surface area contributed by atoms with Crippen LogP contribution < -0.4 is 5.73 Å². The molecule has 1 aromatic rings. The second-order valence-electron chi connectivity index (χ2n) is 5.26. The van der Waals surface area contributed by atoms with E-state index in [1.807, 2.05) is 18.2 Å². The molecule has 5 heteroatoms. The van der Waals surface area contributed by atoms with Gasteiger partial charge in [-0.3, -0.25) is 4.90 Å². The minimum Gasteiger partial charge on any atom is -0.398 e. The summed E-state index contributed by atoms with van der Waals surface area (Å²) in [5.41, 5.74) is 7.86. The lowest BCUT2D eigenvalue weighted by Gasteiger charge is -2.38. The van der Waals surface area contributed by atoms with Gasteiger partial charge in [0, 0.05) is 23.7 Å². The predicted octanol–water partition coefficient (Wildman–Crippen LogP) is 2.26. The highest BCUT2D eigenvalue weighted by molar-refractivity contribution is 6.30. The molecule has 104 valence electrons. The fraction of sp³-hybridized carbons (Fsp3) is 0.571. The van der Waals surface area contributed by atoms with Gasteiger partial charge in [-0.25, -0.2) is 0 Å². The van der Waals surface area contributed by atoms with Crippen LogP contribution in [0, 0.1) is 0 Å². The zero-order chi connectivity index (χ0) is 13.3. The number of hydrogen-bond donors (Lipinski definition) is 1. The largest absolute Gasteiger partial charge is 0.398 e. The van der Waals surface area contributed by atoms with Crippen LogP contribution in [0.15, 0.2) is 18.2 Å². The molecule has 0 unspecified atom stereocenters. The monoisotopic (exact) mass is 282 g/mol. The molecule has 0 saturated carbocycles. The van der Waals surface area contributed by atoms with Crippen molar-refractivity contribution in [1.82, 2.24) is 4.90 Å². The van der Waals surface area contributed by atoms with Crippen LogP contribution in [-0.4, -0.2) is 37.0 Å². The van der Waals surface area contributed by atoms with Gasteiger partial charge in [-0.1, -0.05) is 11.6 Å². The van der Waals surface area contributed by atoms with E-state index in [1.165, 1.54) is 0 Å². The topological polar surface area (TPSA) is 47.7 Å². The average Bonchev–Trinajstić information content (AvgIpc) is 2.82. The number of halogens is 1. The second-order valence-corrected chi connectivity index (χ2v) is 5.70. The van der Waals surface area contributed by atoms with E-state index in [9.17, 15) is 0 Å². The van der Waals surface area contributed by atoms with E-state index in [-0.39, 0.29) is 5.79 Å². The van der Waals surface area contributed by atoms with Gasteiger partial charge in [0.15, 0.2) is 5.79 Å². The molecule has 2 fully saturated rings. The standard InChI is InChI=1S/C14H19ClN2O2/c15-12-2-3-13(16)11(8-12)9-17-5-1-4-14(10-17)18-6-7-19-14/h2-3,8H,1,4-7,9-10,16H2. The summed E-state index contributed by atoms with van der Waals surface area (Å²) in [6.45, 7) is 4.04. The Morgan fingerprint density at radius 2 is 2.11 bits per heavy atom. The molecule has 1 aromatic carbocycles. The summed E-state index contributed by atoms with van der Waals surface area (Å²) in [6.07, 6.45) is 2.06. The normalized spacial score (nSPS) is 23.0. The second kappa shape index (κ2) is 5.29. The molecule has 19 heavy (non-hydrogen) atoms. The van der Waals surface area contributed by atoms with E-state index in [0.717, 1.165) is 48.7 Å². The molecule has 0 bridgehead atoms. The molecule has 0 radical (unpaired) electrons. The highest BCUT2D eigenvalue weighted by Gasteiger charge is 2.40. The van der Waals surface area contributed by atoms with Crippen molar-refractivity contribution >= 4 is 17.3 Å². The maximum atomic E-state index is 6.03. The Bertz CT molecular complexity index is 461. The van der Waals surface area contributed by atoms with Crippen LogP contribution in [0.2, 0.25) is 5.02 Å². The van der Waals surface area contributed by atoms with E-state index in [4.69, 9.17) is 26.8 Å². The zero-order valence-electron chi connectivity index (χ0n) is 10.9. The fourth-order valence-corrected chi connectivity index (χ4v) is 3.09. The first-order valence-corrected chi connectivity index (χ1v) is 7.09. The van der Waals surface area contributed by atoms with Gasteiger partial charge >= 0.3 is 0 Å². The molecule has 2 saturated heterocycles. The van der Waals surface area contributed by atoms with Crippen molar-refractivity contribution in [2.45, 2.75) is 25.2 Å². The quantitative estimate of drug-likeness (QED) is 0.846. The molecule has 2 aliphatic heterocycles. The lowest BCUT2D eigenvalue weighted by Crippen LogP contribution is -2.48. The average molecular weight is 283 g/mol. The van der Waals surface area contributed by atoms with Gasteiger partial charge in [-0.2, -0.15) is 0 Å². The van der Waals surface area contributed by atoms with Crippen molar-refractivity contribution < 1.29 is 9.47 Å². The summed E-state index contributed by atoms with van der Waals surface area (Å²) in [4.78, 5) is 2.33. The SMILES string of the molecule is Nc1ccc(Cl)cc1CN1CCCC2(C1)OCCO2. The van der Waals surface area contributed by atoms with Crippen LogP contribution in [-0.2, 0) is 16.0 Å². The van der Waals surface area contributed by atoms with Crippen LogP contribution >= 0.6 is 11.6 Å². The summed E-state index contributed by atoms with van der Waals surface area (Å²) in [5, 5.41) is 0.726. The number of nitrogen functional groups attached to an aromatic ring is 1. The summed E-state index contributed by atoms with van der Waals surface area (Å²) >= 11 is 6.03. The van der Waals surface area contributed by atoms with Gasteiger partial charge in [-0.05, 0) is 36.7 Å². The first kappa shape index (κ1) is 13.2. The Labute approximate surface area is 118 Å². The van der Waals surface area contributed by atoms with Gasteiger partial charge in [0.25, 0.3) is 0 Å². The molecule has 0 atom stereocenters. The molecule has 0 aliphatic carbocycles. The minimum atomic E-state index is -0.383. The van der Waals surface area contributed by atoms with Crippen molar-refractivity contribution in [2.75, 3.05) is 32.0 Å². The molecule has 2 N–H and O–H groups in total. The van der Waals surface area contributed by atoms with Crippen LogP contribution in [0.25, 0.3) is 0 Å². The number of piperidine rings is 1. The molecule has 0 aromatic heterocycles. The van der Waals surface area contributed by atoms with Gasteiger partial charge in [0.1, 0.15) is 0 Å². The highest BCUT2D eigenvalue weighted by Crippen LogP contribution is 2.31. The molecular formula is C14H19ClN2O2. The van der Waals surface area contributed by atoms with Crippen LogP contribution in [0.3, 0.4) is 0 Å². The zero-order valence-corrected chi connectivity index (χ0v) is 11.7. The lowest BCUT2D eigenvalue weighted by molar-refractivity contribution is -0.190. The maximum absolute atomic E-state index is 6.03. The number of rotatable bonds is 2. The Kier molecular flexibility index (Phi) is 3.67. The Hall–Kier alpha value is -0.810. The molecule has 4 nitrogen and oxygen atoms in total. The summed E-state index contributed by atoms with van der Waals surface area (Å²) in [5.74, 6) is -0.383. The lowest BCUT2D eigenvalue weighted by atomic mass is 10.0. The van der Waals surface area contributed by atoms with Crippen molar-refractivity contribution in [2.24, 2.45) is 0 Å². The van der Waals surface area contributed by atoms with Crippen molar-refractivity contribution in [3.05, 3.63) is 28.8 Å². The van der Waals surface area contributed by atoms with Crippen molar-refractivity contribution in [1.29, 1.82) is 0 Å². The smallest absolute Gasteiger partial charge is 0.181 e. The van der Waals surface area contributed by atoms with Crippen molar-refractivity contribution in [3.8, 4) is 0 Å². The number of nitrogens with zero attached hydrogens (tertiary/aromatic N) is 1. The van der Waals surface area contributed by atoms with E-state index >= 15 is 0 Å². The number of likely N-dealkylation sites (tertiary alicyclic amines) is 1. The molecule has 2 aliphatic rings. The van der Waals surface area contributed by atoms with Crippen LogP contribution in [0.4, 0.5) is 5.69 Å². The predicted molar refractivity (Wildman–Crippen MR) is 75.0 cm³/mol.